The van der Waals surface area contributed by atoms with Gasteiger partial charge in [-0.25, -0.2) is 0 Å². The minimum Gasteiger partial charge on any atom is -0.489 e. The van der Waals surface area contributed by atoms with E-state index >= 15 is 0 Å². The van der Waals surface area contributed by atoms with E-state index in [1.807, 2.05) is 0 Å². The summed E-state index contributed by atoms with van der Waals surface area (Å²) in [4.78, 5) is 48.9. The summed E-state index contributed by atoms with van der Waals surface area (Å²) in [7, 11) is 0. The molecule has 1 heterocycles. The molecule has 3 aromatic rings. The number of carbonyl (C=O) groups is 3. The topological polar surface area (TPSA) is 119 Å². The van der Waals surface area contributed by atoms with Crippen molar-refractivity contribution < 1.29 is 24.0 Å². The van der Waals surface area contributed by atoms with Crippen LogP contribution in [-0.4, -0.2) is 33.4 Å². The van der Waals surface area contributed by atoms with Crippen LogP contribution >= 0.6 is 27.7 Å². The van der Waals surface area contributed by atoms with E-state index in [-0.39, 0.29) is 17.2 Å². The second-order valence-corrected chi connectivity index (χ2v) is 9.52. The smallest absolute Gasteiger partial charge is 0.294 e. The van der Waals surface area contributed by atoms with Crippen LogP contribution in [0.2, 0.25) is 0 Å². The molecule has 0 spiro atoms. The predicted octanol–water partition coefficient (Wildman–Crippen LogP) is 5.61. The van der Waals surface area contributed by atoms with Gasteiger partial charge < -0.3 is 10.1 Å². The Balaban J connectivity index is 1.38. The number of benzene rings is 3. The third-order valence-electron chi connectivity index (χ3n) is 5.01. The van der Waals surface area contributed by atoms with Crippen LogP contribution < -0.4 is 10.1 Å². The lowest BCUT2D eigenvalue weighted by Gasteiger charge is -2.12. The fraction of sp³-hybridized carbons (Fsp3) is 0.0800. The number of carbonyl (C=O) groups excluding carboxylic acids is 3. The normalized spacial score (nSPS) is 14.2. The van der Waals surface area contributed by atoms with Crippen molar-refractivity contribution in [1.29, 1.82) is 0 Å². The van der Waals surface area contributed by atoms with Crippen LogP contribution in [0.5, 0.6) is 5.75 Å². The zero-order chi connectivity index (χ0) is 25.7. The second-order valence-electron chi connectivity index (χ2n) is 7.61. The van der Waals surface area contributed by atoms with Gasteiger partial charge in [-0.15, -0.1) is 0 Å². The lowest BCUT2D eigenvalue weighted by molar-refractivity contribution is -0.384. The van der Waals surface area contributed by atoms with Crippen molar-refractivity contribution in [3.63, 3.8) is 0 Å². The molecular formula is C25H18BrN3O6S. The highest BCUT2D eigenvalue weighted by molar-refractivity contribution is 9.10. The number of hydrogen-bond acceptors (Lipinski definition) is 7. The SMILES string of the molecule is O=C(CN1C(=O)S/C(=C/c2cccc(OCc3ccc([N+](=O)[O-])cc3)c2)C1=O)Nc1ccc(Br)cc1. The number of hydrogen-bond donors (Lipinski definition) is 1. The maximum absolute atomic E-state index is 12.8. The first-order valence-electron chi connectivity index (χ1n) is 10.6. The van der Waals surface area contributed by atoms with Crippen LogP contribution in [-0.2, 0) is 16.2 Å². The van der Waals surface area contributed by atoms with Gasteiger partial charge in [0.15, 0.2) is 0 Å². The molecule has 0 saturated carbocycles. The maximum atomic E-state index is 12.8. The lowest BCUT2D eigenvalue weighted by atomic mass is 10.2. The molecule has 1 N–H and O–H groups in total. The summed E-state index contributed by atoms with van der Waals surface area (Å²) in [6, 6.07) is 19.9. The van der Waals surface area contributed by atoms with Gasteiger partial charge in [-0.05, 0) is 77.5 Å². The van der Waals surface area contributed by atoms with Gasteiger partial charge in [0.1, 0.15) is 18.9 Å². The highest BCUT2D eigenvalue weighted by Gasteiger charge is 2.36. The largest absolute Gasteiger partial charge is 0.489 e. The molecule has 1 aliphatic heterocycles. The Labute approximate surface area is 218 Å². The molecule has 9 nitrogen and oxygen atoms in total. The molecule has 3 aromatic carbocycles. The first-order valence-corrected chi connectivity index (χ1v) is 12.2. The number of rotatable bonds is 8. The Hall–Kier alpha value is -3.96. The molecule has 1 saturated heterocycles. The summed E-state index contributed by atoms with van der Waals surface area (Å²) >= 11 is 4.08. The molecule has 0 atom stereocenters. The van der Waals surface area contributed by atoms with Gasteiger partial charge in [-0.1, -0.05) is 28.1 Å². The quantitative estimate of drug-likeness (QED) is 0.213. The number of thioether (sulfide) groups is 1. The fourth-order valence-electron chi connectivity index (χ4n) is 3.24. The Kier molecular flexibility index (Phi) is 7.81. The summed E-state index contributed by atoms with van der Waals surface area (Å²) in [5.74, 6) is -0.508. The molecule has 3 amide bonds. The molecular weight excluding hydrogens is 550 g/mol. The van der Waals surface area contributed by atoms with Crippen LogP contribution in [0.15, 0.2) is 82.2 Å². The molecule has 1 fully saturated rings. The van der Waals surface area contributed by atoms with Gasteiger partial charge in [0.2, 0.25) is 5.91 Å². The van der Waals surface area contributed by atoms with Crippen LogP contribution in [0.4, 0.5) is 16.2 Å². The van der Waals surface area contributed by atoms with Crippen molar-refractivity contribution in [3.05, 3.63) is 103 Å². The van der Waals surface area contributed by atoms with Gasteiger partial charge in [-0.3, -0.25) is 29.4 Å². The number of anilines is 1. The molecule has 0 bridgehead atoms. The van der Waals surface area contributed by atoms with Crippen molar-refractivity contribution in [1.82, 2.24) is 4.90 Å². The van der Waals surface area contributed by atoms with E-state index in [1.165, 1.54) is 12.1 Å². The van der Waals surface area contributed by atoms with Crippen molar-refractivity contribution in [2.45, 2.75) is 6.61 Å². The number of amides is 3. The Morgan fingerprint density at radius 1 is 1.08 bits per heavy atom. The van der Waals surface area contributed by atoms with Crippen LogP contribution in [0, 0.1) is 10.1 Å². The van der Waals surface area contributed by atoms with E-state index in [4.69, 9.17) is 4.74 Å². The van der Waals surface area contributed by atoms with Crippen molar-refractivity contribution >= 4 is 62.2 Å². The third kappa shape index (κ3) is 6.37. The van der Waals surface area contributed by atoms with Gasteiger partial charge in [0.25, 0.3) is 16.8 Å². The molecule has 0 aliphatic carbocycles. The zero-order valence-corrected chi connectivity index (χ0v) is 21.0. The first-order chi connectivity index (χ1) is 17.3. The third-order valence-corrected chi connectivity index (χ3v) is 6.45. The first kappa shape index (κ1) is 25.1. The molecule has 0 radical (unpaired) electrons. The predicted molar refractivity (Wildman–Crippen MR) is 139 cm³/mol. The number of nitro benzene ring substituents is 1. The van der Waals surface area contributed by atoms with E-state index < -0.39 is 28.5 Å². The number of ether oxygens (including phenoxy) is 1. The van der Waals surface area contributed by atoms with Gasteiger partial charge in [0, 0.05) is 22.3 Å². The van der Waals surface area contributed by atoms with E-state index in [2.05, 4.69) is 21.2 Å². The van der Waals surface area contributed by atoms with Crippen molar-refractivity contribution in [2.24, 2.45) is 0 Å². The van der Waals surface area contributed by atoms with Gasteiger partial charge in [-0.2, -0.15) is 0 Å². The average molecular weight is 568 g/mol. The zero-order valence-electron chi connectivity index (χ0n) is 18.5. The Morgan fingerprint density at radius 2 is 1.81 bits per heavy atom. The number of nitro groups is 1. The lowest BCUT2D eigenvalue weighted by Crippen LogP contribution is -2.36. The fourth-order valence-corrected chi connectivity index (χ4v) is 4.34. The summed E-state index contributed by atoms with van der Waals surface area (Å²) in [6.45, 7) is -0.193. The number of nitrogens with one attached hydrogen (secondary N) is 1. The van der Waals surface area contributed by atoms with Crippen LogP contribution in [0.25, 0.3) is 6.08 Å². The van der Waals surface area contributed by atoms with E-state index in [0.717, 1.165) is 26.7 Å². The van der Waals surface area contributed by atoms with E-state index in [0.29, 0.717) is 17.0 Å². The molecule has 0 unspecified atom stereocenters. The van der Waals surface area contributed by atoms with Crippen LogP contribution in [0.3, 0.4) is 0 Å². The minimum atomic E-state index is -0.548. The van der Waals surface area contributed by atoms with Gasteiger partial charge in [0.05, 0.1) is 9.83 Å². The van der Waals surface area contributed by atoms with Crippen molar-refractivity contribution in [3.8, 4) is 5.75 Å². The minimum absolute atomic E-state index is 0.000452. The molecule has 0 aromatic heterocycles. The number of non-ortho nitro benzene ring substituents is 1. The maximum Gasteiger partial charge on any atom is 0.294 e. The highest BCUT2D eigenvalue weighted by Crippen LogP contribution is 2.32. The summed E-state index contributed by atoms with van der Waals surface area (Å²) in [5, 5.41) is 12.9. The average Bonchev–Trinajstić information content (AvgIpc) is 3.12. The summed E-state index contributed by atoms with van der Waals surface area (Å²) in [6.07, 6.45) is 1.57. The van der Waals surface area contributed by atoms with Gasteiger partial charge >= 0.3 is 0 Å². The molecule has 182 valence electrons. The number of nitrogens with zero attached hydrogens (tertiary/aromatic N) is 2. The molecule has 1 aliphatic rings. The van der Waals surface area contributed by atoms with Crippen molar-refractivity contribution in [2.75, 3.05) is 11.9 Å². The molecule has 4 rings (SSSR count). The Bertz CT molecular complexity index is 1360. The Morgan fingerprint density at radius 3 is 2.50 bits per heavy atom. The highest BCUT2D eigenvalue weighted by atomic mass is 79.9. The number of imide groups is 1. The van der Waals surface area contributed by atoms with E-state index in [1.54, 1.807) is 66.7 Å². The summed E-state index contributed by atoms with van der Waals surface area (Å²) < 4.78 is 6.62. The van der Waals surface area contributed by atoms with Crippen LogP contribution in [0.1, 0.15) is 11.1 Å². The molecule has 11 heteroatoms. The second kappa shape index (κ2) is 11.2. The number of halogens is 1. The monoisotopic (exact) mass is 567 g/mol. The molecule has 36 heavy (non-hydrogen) atoms. The van der Waals surface area contributed by atoms with E-state index in [9.17, 15) is 24.5 Å². The standard InChI is InChI=1S/C25H18BrN3O6S/c26-18-6-8-19(9-7-18)27-23(30)14-28-24(31)22(36-25(28)32)13-17-2-1-3-21(12-17)35-15-16-4-10-20(11-5-16)29(33)34/h1-13H,14-15H2,(H,27,30)/b22-13+. The summed E-state index contributed by atoms with van der Waals surface area (Å²) in [5.41, 5.74) is 1.95.